The van der Waals surface area contributed by atoms with Gasteiger partial charge < -0.3 is 5.32 Å². The molecule has 114 valence electrons. The fourth-order valence-electron chi connectivity index (χ4n) is 2.14. The molecule has 0 aliphatic carbocycles. The van der Waals surface area contributed by atoms with E-state index in [2.05, 4.69) is 15.3 Å². The molecule has 3 aromatic rings. The smallest absolute Gasteiger partial charge is 0.253 e. The number of hydrogen-bond donors (Lipinski definition) is 1. The molecule has 0 aliphatic heterocycles. The van der Waals surface area contributed by atoms with Crippen molar-refractivity contribution in [2.24, 2.45) is 0 Å². The van der Waals surface area contributed by atoms with Crippen molar-refractivity contribution < 1.29 is 9.18 Å². The van der Waals surface area contributed by atoms with E-state index in [0.717, 1.165) is 22.8 Å². The maximum atomic E-state index is 12.7. The van der Waals surface area contributed by atoms with Crippen LogP contribution in [0, 0.1) is 5.95 Å². The first-order chi connectivity index (χ1) is 11.2. The average molecular weight is 307 g/mol. The maximum absolute atomic E-state index is 12.7. The lowest BCUT2D eigenvalue weighted by Crippen LogP contribution is -2.22. The van der Waals surface area contributed by atoms with E-state index in [0.29, 0.717) is 12.1 Å². The van der Waals surface area contributed by atoms with E-state index in [-0.39, 0.29) is 5.91 Å². The van der Waals surface area contributed by atoms with Crippen LogP contribution in [0.25, 0.3) is 11.1 Å². The van der Waals surface area contributed by atoms with Crippen LogP contribution < -0.4 is 5.32 Å². The van der Waals surface area contributed by atoms with Gasteiger partial charge in [0.15, 0.2) is 0 Å². The zero-order valence-corrected chi connectivity index (χ0v) is 12.2. The minimum atomic E-state index is -0.604. The quantitative estimate of drug-likeness (QED) is 0.753. The lowest BCUT2D eigenvalue weighted by atomic mass is 10.1. The molecule has 0 atom stereocenters. The van der Waals surface area contributed by atoms with Crippen LogP contribution in [0.5, 0.6) is 0 Å². The molecule has 5 heteroatoms. The van der Waals surface area contributed by atoms with Gasteiger partial charge in [0.05, 0.1) is 5.56 Å². The second-order valence-electron chi connectivity index (χ2n) is 4.99. The second kappa shape index (κ2) is 6.79. The fraction of sp³-hybridized carbons (Fsp3) is 0.0556. The zero-order chi connectivity index (χ0) is 16.1. The third-order valence-electron chi connectivity index (χ3n) is 3.39. The number of benzene rings is 1. The molecule has 3 rings (SSSR count). The average Bonchev–Trinajstić information content (AvgIpc) is 2.61. The van der Waals surface area contributed by atoms with Gasteiger partial charge in [-0.15, -0.1) is 0 Å². The lowest BCUT2D eigenvalue weighted by molar-refractivity contribution is 0.0950. The number of nitrogens with one attached hydrogen (secondary N) is 1. The number of nitrogens with zero attached hydrogens (tertiary/aromatic N) is 2. The summed E-state index contributed by atoms with van der Waals surface area (Å²) in [7, 11) is 0. The summed E-state index contributed by atoms with van der Waals surface area (Å²) in [6.07, 6.45) is 4.76. The molecule has 0 aliphatic rings. The van der Waals surface area contributed by atoms with Crippen molar-refractivity contribution in [1.29, 1.82) is 0 Å². The third-order valence-corrected chi connectivity index (χ3v) is 3.39. The Hall–Kier alpha value is -3.08. The van der Waals surface area contributed by atoms with E-state index in [1.165, 1.54) is 12.3 Å². The standard InChI is InChI=1S/C18H14FN3O/c19-17-8-7-16(12-21-17)18(23)22-10-13-3-5-14(6-4-13)15-2-1-9-20-11-15/h1-9,11-12H,10H2,(H,22,23). The summed E-state index contributed by atoms with van der Waals surface area (Å²) in [5, 5.41) is 2.78. The van der Waals surface area contributed by atoms with Gasteiger partial charge in [-0.05, 0) is 34.9 Å². The number of aromatic nitrogens is 2. The first-order valence-electron chi connectivity index (χ1n) is 7.11. The monoisotopic (exact) mass is 307 g/mol. The van der Waals surface area contributed by atoms with Crippen LogP contribution in [0.4, 0.5) is 4.39 Å². The van der Waals surface area contributed by atoms with Gasteiger partial charge in [-0.2, -0.15) is 4.39 Å². The van der Waals surface area contributed by atoms with Crippen molar-refractivity contribution in [1.82, 2.24) is 15.3 Å². The summed E-state index contributed by atoms with van der Waals surface area (Å²) < 4.78 is 12.7. The predicted molar refractivity (Wildman–Crippen MR) is 85.0 cm³/mol. The first kappa shape index (κ1) is 14.8. The fourth-order valence-corrected chi connectivity index (χ4v) is 2.14. The number of pyridine rings is 2. The Kier molecular flexibility index (Phi) is 4.38. The molecule has 0 unspecified atom stereocenters. The van der Waals surface area contributed by atoms with E-state index in [9.17, 15) is 9.18 Å². The van der Waals surface area contributed by atoms with Crippen LogP contribution in [0.1, 0.15) is 15.9 Å². The van der Waals surface area contributed by atoms with Crippen LogP contribution in [0.3, 0.4) is 0 Å². The van der Waals surface area contributed by atoms with Crippen molar-refractivity contribution in [3.05, 3.63) is 84.2 Å². The summed E-state index contributed by atoms with van der Waals surface area (Å²) in [6, 6.07) is 14.3. The Morgan fingerprint density at radius 3 is 2.48 bits per heavy atom. The van der Waals surface area contributed by atoms with Crippen LogP contribution in [0.15, 0.2) is 67.1 Å². The van der Waals surface area contributed by atoms with E-state index in [1.54, 1.807) is 12.4 Å². The molecule has 0 saturated carbocycles. The molecule has 0 spiro atoms. The first-order valence-corrected chi connectivity index (χ1v) is 7.11. The van der Waals surface area contributed by atoms with E-state index >= 15 is 0 Å². The molecule has 23 heavy (non-hydrogen) atoms. The number of amides is 1. The predicted octanol–water partition coefficient (Wildman–Crippen LogP) is 3.21. The summed E-state index contributed by atoms with van der Waals surface area (Å²) in [5.41, 5.74) is 3.41. The third kappa shape index (κ3) is 3.77. The van der Waals surface area contributed by atoms with Crippen molar-refractivity contribution in [3.8, 4) is 11.1 Å². The minimum absolute atomic E-state index is 0.283. The number of rotatable bonds is 4. The summed E-state index contributed by atoms with van der Waals surface area (Å²) in [5.74, 6) is -0.888. The number of carbonyl (C=O) groups excluding carboxylic acids is 1. The number of halogens is 1. The van der Waals surface area contributed by atoms with Crippen molar-refractivity contribution >= 4 is 5.91 Å². The molecule has 4 nitrogen and oxygen atoms in total. The Bertz CT molecular complexity index is 787. The molecular formula is C18H14FN3O. The highest BCUT2D eigenvalue weighted by molar-refractivity contribution is 5.93. The normalized spacial score (nSPS) is 10.3. The van der Waals surface area contributed by atoms with Gasteiger partial charge in [0.2, 0.25) is 5.95 Å². The summed E-state index contributed by atoms with van der Waals surface area (Å²) in [4.78, 5) is 19.5. The van der Waals surface area contributed by atoms with Gasteiger partial charge in [0.1, 0.15) is 0 Å². The van der Waals surface area contributed by atoms with Gasteiger partial charge in [0.25, 0.3) is 5.91 Å². The Balaban J connectivity index is 1.62. The van der Waals surface area contributed by atoms with Gasteiger partial charge in [-0.25, -0.2) is 4.98 Å². The highest BCUT2D eigenvalue weighted by Gasteiger charge is 2.06. The van der Waals surface area contributed by atoms with Crippen molar-refractivity contribution in [2.75, 3.05) is 0 Å². The van der Waals surface area contributed by atoms with E-state index < -0.39 is 5.95 Å². The molecule has 0 bridgehead atoms. The molecule has 0 fully saturated rings. The Labute approximate surface area is 133 Å². The van der Waals surface area contributed by atoms with Crippen molar-refractivity contribution in [3.63, 3.8) is 0 Å². The highest BCUT2D eigenvalue weighted by atomic mass is 19.1. The Morgan fingerprint density at radius 1 is 1.00 bits per heavy atom. The van der Waals surface area contributed by atoms with Crippen molar-refractivity contribution in [2.45, 2.75) is 6.54 Å². The molecule has 1 amide bonds. The summed E-state index contributed by atoms with van der Waals surface area (Å²) in [6.45, 7) is 0.392. The van der Waals surface area contributed by atoms with Crippen LogP contribution >= 0.6 is 0 Å². The van der Waals surface area contributed by atoms with Gasteiger partial charge in [0, 0.05) is 25.1 Å². The zero-order valence-electron chi connectivity index (χ0n) is 12.2. The molecule has 2 heterocycles. The Morgan fingerprint density at radius 2 is 1.83 bits per heavy atom. The molecular weight excluding hydrogens is 293 g/mol. The second-order valence-corrected chi connectivity index (χ2v) is 4.99. The molecule has 0 radical (unpaired) electrons. The van der Waals surface area contributed by atoms with Crippen LogP contribution in [0.2, 0.25) is 0 Å². The minimum Gasteiger partial charge on any atom is -0.348 e. The summed E-state index contributed by atoms with van der Waals surface area (Å²) >= 11 is 0. The van der Waals surface area contributed by atoms with E-state index in [4.69, 9.17) is 0 Å². The number of carbonyl (C=O) groups is 1. The van der Waals surface area contributed by atoms with Gasteiger partial charge >= 0.3 is 0 Å². The molecule has 1 aromatic carbocycles. The lowest BCUT2D eigenvalue weighted by Gasteiger charge is -2.06. The molecule has 1 N–H and O–H groups in total. The topological polar surface area (TPSA) is 54.9 Å². The SMILES string of the molecule is O=C(NCc1ccc(-c2cccnc2)cc1)c1ccc(F)nc1. The van der Waals surface area contributed by atoms with Gasteiger partial charge in [-0.1, -0.05) is 30.3 Å². The molecule has 0 saturated heterocycles. The van der Waals surface area contributed by atoms with Crippen LogP contribution in [-0.4, -0.2) is 15.9 Å². The highest BCUT2D eigenvalue weighted by Crippen LogP contribution is 2.18. The van der Waals surface area contributed by atoms with E-state index in [1.807, 2.05) is 36.4 Å². The largest absolute Gasteiger partial charge is 0.348 e. The molecule has 2 aromatic heterocycles. The van der Waals surface area contributed by atoms with Crippen LogP contribution in [-0.2, 0) is 6.54 Å². The number of hydrogen-bond acceptors (Lipinski definition) is 3. The maximum Gasteiger partial charge on any atom is 0.253 e. The van der Waals surface area contributed by atoms with Gasteiger partial charge in [-0.3, -0.25) is 9.78 Å².